The van der Waals surface area contributed by atoms with E-state index in [-0.39, 0.29) is 16.5 Å². The Balaban J connectivity index is 2.09. The molecule has 21 heavy (non-hydrogen) atoms. The van der Waals surface area contributed by atoms with Gasteiger partial charge in [0.05, 0.1) is 5.69 Å². The minimum Gasteiger partial charge on any atom is -0.371 e. The Bertz CT molecular complexity index is 901. The van der Waals surface area contributed by atoms with Crippen LogP contribution in [0.25, 0.3) is 4.96 Å². The number of sulfonamides is 1. The van der Waals surface area contributed by atoms with Crippen LogP contribution in [0.4, 0.5) is 15.9 Å². The summed E-state index contributed by atoms with van der Waals surface area (Å²) in [6.45, 7) is 0. The average Bonchev–Trinajstić information content (AvgIpc) is 2.96. The predicted molar refractivity (Wildman–Crippen MR) is 79.8 cm³/mol. The number of thiazole rings is 1. The van der Waals surface area contributed by atoms with Crippen molar-refractivity contribution in [1.82, 2.24) is 9.38 Å². The van der Waals surface area contributed by atoms with Gasteiger partial charge in [0, 0.05) is 18.6 Å². The Hall–Kier alpha value is -2.13. The first kappa shape index (κ1) is 13.8. The van der Waals surface area contributed by atoms with Gasteiger partial charge in [-0.3, -0.25) is 9.12 Å². The summed E-state index contributed by atoms with van der Waals surface area (Å²) in [5.41, 5.74) is 0.155. The van der Waals surface area contributed by atoms with Crippen molar-refractivity contribution in [2.75, 3.05) is 17.1 Å². The summed E-state index contributed by atoms with van der Waals surface area (Å²) in [6, 6.07) is 5.27. The van der Waals surface area contributed by atoms with E-state index in [1.54, 1.807) is 18.6 Å². The van der Waals surface area contributed by atoms with Gasteiger partial charge >= 0.3 is 0 Å². The molecule has 0 fully saturated rings. The zero-order valence-corrected chi connectivity index (χ0v) is 12.5. The molecule has 0 aliphatic carbocycles. The molecule has 0 saturated heterocycles. The molecule has 3 aromatic rings. The maximum atomic E-state index is 13.2. The molecule has 1 aromatic carbocycles. The van der Waals surface area contributed by atoms with Crippen molar-refractivity contribution in [3.63, 3.8) is 0 Å². The van der Waals surface area contributed by atoms with Gasteiger partial charge in [-0.05, 0) is 18.2 Å². The van der Waals surface area contributed by atoms with Crippen LogP contribution in [0.2, 0.25) is 0 Å². The van der Waals surface area contributed by atoms with Crippen molar-refractivity contribution >= 4 is 37.8 Å². The molecule has 2 N–H and O–H groups in total. The molecule has 9 heteroatoms. The van der Waals surface area contributed by atoms with Gasteiger partial charge in [-0.25, -0.2) is 9.37 Å². The van der Waals surface area contributed by atoms with Crippen LogP contribution in [-0.2, 0) is 10.0 Å². The first-order chi connectivity index (χ1) is 10.0. The molecular formula is C12H11FN4O2S2. The highest BCUT2D eigenvalue weighted by molar-refractivity contribution is 7.92. The molecular weight excluding hydrogens is 315 g/mol. The Kier molecular flexibility index (Phi) is 3.30. The van der Waals surface area contributed by atoms with Crippen LogP contribution in [0.5, 0.6) is 0 Å². The average molecular weight is 326 g/mol. The van der Waals surface area contributed by atoms with E-state index >= 15 is 0 Å². The summed E-state index contributed by atoms with van der Waals surface area (Å²) >= 11 is 1.32. The van der Waals surface area contributed by atoms with Crippen molar-refractivity contribution < 1.29 is 12.8 Å². The lowest BCUT2D eigenvalue weighted by Gasteiger charge is -2.08. The van der Waals surface area contributed by atoms with Crippen molar-refractivity contribution in [3.8, 4) is 0 Å². The van der Waals surface area contributed by atoms with E-state index in [4.69, 9.17) is 0 Å². The largest absolute Gasteiger partial charge is 0.371 e. The summed E-state index contributed by atoms with van der Waals surface area (Å²) in [5.74, 6) is -0.274. The second-order valence-electron chi connectivity index (χ2n) is 4.19. The van der Waals surface area contributed by atoms with Crippen LogP contribution in [0.3, 0.4) is 0 Å². The monoisotopic (exact) mass is 326 g/mol. The second-order valence-corrected chi connectivity index (χ2v) is 6.66. The summed E-state index contributed by atoms with van der Waals surface area (Å²) in [7, 11) is -2.31. The number of nitrogens with zero attached hydrogens (tertiary/aromatic N) is 2. The van der Waals surface area contributed by atoms with E-state index < -0.39 is 15.8 Å². The van der Waals surface area contributed by atoms with E-state index in [2.05, 4.69) is 15.0 Å². The van der Waals surface area contributed by atoms with Gasteiger partial charge in [0.2, 0.25) is 5.03 Å². The van der Waals surface area contributed by atoms with E-state index in [1.807, 2.05) is 0 Å². The molecule has 0 aliphatic rings. The quantitative estimate of drug-likeness (QED) is 0.772. The molecule has 0 spiro atoms. The van der Waals surface area contributed by atoms with E-state index in [0.717, 1.165) is 6.07 Å². The number of imidazole rings is 1. The topological polar surface area (TPSA) is 75.5 Å². The number of benzene rings is 1. The number of rotatable bonds is 4. The molecule has 0 unspecified atom stereocenters. The molecule has 0 bridgehead atoms. The van der Waals surface area contributed by atoms with Crippen LogP contribution in [0.1, 0.15) is 0 Å². The van der Waals surface area contributed by atoms with E-state index in [0.29, 0.717) is 4.96 Å². The first-order valence-corrected chi connectivity index (χ1v) is 8.29. The molecule has 0 aliphatic heterocycles. The highest BCUT2D eigenvalue weighted by Crippen LogP contribution is 2.27. The van der Waals surface area contributed by atoms with Gasteiger partial charge in [0.15, 0.2) is 10.8 Å². The number of hydrogen-bond donors (Lipinski definition) is 2. The lowest BCUT2D eigenvalue weighted by atomic mass is 10.3. The fourth-order valence-corrected chi connectivity index (χ4v) is 4.05. The Morgan fingerprint density at radius 1 is 1.38 bits per heavy atom. The lowest BCUT2D eigenvalue weighted by Crippen LogP contribution is -2.16. The smallest absolute Gasteiger partial charge is 0.281 e. The van der Waals surface area contributed by atoms with Crippen LogP contribution >= 0.6 is 11.3 Å². The van der Waals surface area contributed by atoms with Crippen LogP contribution in [0, 0.1) is 5.82 Å². The first-order valence-electron chi connectivity index (χ1n) is 5.93. The summed E-state index contributed by atoms with van der Waals surface area (Å²) in [4.78, 5) is 4.75. The maximum absolute atomic E-state index is 13.2. The minimum absolute atomic E-state index is 0.00879. The maximum Gasteiger partial charge on any atom is 0.281 e. The van der Waals surface area contributed by atoms with Crippen molar-refractivity contribution in [2.24, 2.45) is 0 Å². The second kappa shape index (κ2) is 5.01. The zero-order valence-electron chi connectivity index (χ0n) is 10.9. The standard InChI is InChI=1S/C12H11FN4O2S2/c1-14-10-11(17-5-6-20-12(17)15-10)21(18,19)16-9-4-2-3-8(13)7-9/h2-7,14,16H,1H3. The predicted octanol–water partition coefficient (Wildman–Crippen LogP) is 2.38. The highest BCUT2D eigenvalue weighted by Gasteiger charge is 2.25. The van der Waals surface area contributed by atoms with Crippen molar-refractivity contribution in [1.29, 1.82) is 0 Å². The van der Waals surface area contributed by atoms with Gasteiger partial charge in [-0.15, -0.1) is 11.3 Å². The number of hydrogen-bond acceptors (Lipinski definition) is 5. The summed E-state index contributed by atoms with van der Waals surface area (Å²) in [6.07, 6.45) is 1.62. The SMILES string of the molecule is CNc1nc2sccn2c1S(=O)(=O)Nc1cccc(F)c1. The molecule has 2 aromatic heterocycles. The Morgan fingerprint density at radius 3 is 2.90 bits per heavy atom. The van der Waals surface area contributed by atoms with Crippen molar-refractivity contribution in [3.05, 3.63) is 41.7 Å². The highest BCUT2D eigenvalue weighted by atomic mass is 32.2. The number of fused-ring (bicyclic) bond motifs is 1. The molecule has 0 saturated carbocycles. The number of halogens is 1. The van der Waals surface area contributed by atoms with Gasteiger partial charge in [-0.2, -0.15) is 8.42 Å². The zero-order chi connectivity index (χ0) is 15.0. The van der Waals surface area contributed by atoms with Gasteiger partial charge in [-0.1, -0.05) is 6.07 Å². The van der Waals surface area contributed by atoms with Gasteiger partial charge < -0.3 is 5.32 Å². The normalized spacial score (nSPS) is 11.7. The molecule has 110 valence electrons. The molecule has 0 amide bonds. The number of anilines is 2. The molecule has 3 rings (SSSR count). The third kappa shape index (κ3) is 2.45. The third-order valence-electron chi connectivity index (χ3n) is 2.79. The van der Waals surface area contributed by atoms with Gasteiger partial charge in [0.25, 0.3) is 10.0 Å². The van der Waals surface area contributed by atoms with E-state index in [9.17, 15) is 12.8 Å². The van der Waals surface area contributed by atoms with Gasteiger partial charge in [0.1, 0.15) is 5.82 Å². The molecule has 0 atom stereocenters. The Labute approximate surface area is 124 Å². The third-order valence-corrected chi connectivity index (χ3v) is 4.95. The fraction of sp³-hybridized carbons (Fsp3) is 0.0833. The Morgan fingerprint density at radius 2 is 2.19 bits per heavy atom. The van der Waals surface area contributed by atoms with Crippen LogP contribution in [-0.4, -0.2) is 24.9 Å². The lowest BCUT2D eigenvalue weighted by molar-refractivity contribution is 0.597. The molecule has 0 radical (unpaired) electrons. The molecule has 6 nitrogen and oxygen atoms in total. The number of aromatic nitrogens is 2. The number of nitrogens with one attached hydrogen (secondary N) is 2. The van der Waals surface area contributed by atoms with E-state index in [1.165, 1.54) is 33.9 Å². The molecule has 2 heterocycles. The minimum atomic E-state index is -3.90. The summed E-state index contributed by atoms with van der Waals surface area (Å²) in [5, 5.41) is 4.49. The van der Waals surface area contributed by atoms with Crippen molar-refractivity contribution in [2.45, 2.75) is 5.03 Å². The fourth-order valence-electron chi connectivity index (χ4n) is 1.94. The van der Waals surface area contributed by atoms with Crippen LogP contribution in [0.15, 0.2) is 40.9 Å². The van der Waals surface area contributed by atoms with Crippen LogP contribution < -0.4 is 10.0 Å². The summed E-state index contributed by atoms with van der Waals surface area (Å²) < 4.78 is 42.1.